The van der Waals surface area contributed by atoms with E-state index in [1.165, 1.54) is 25.7 Å². The molecule has 3 atom stereocenters. The zero-order valence-electron chi connectivity index (χ0n) is 13.0. The van der Waals surface area contributed by atoms with Crippen LogP contribution >= 0.6 is 0 Å². The molecule has 4 nitrogen and oxygen atoms in total. The number of nitrogens with zero attached hydrogens (tertiary/aromatic N) is 1. The summed E-state index contributed by atoms with van der Waals surface area (Å²) < 4.78 is 0. The van der Waals surface area contributed by atoms with Gasteiger partial charge in [0.05, 0.1) is 4.92 Å². The molecule has 0 saturated heterocycles. The Morgan fingerprint density at radius 1 is 1.43 bits per heavy atom. The van der Waals surface area contributed by atoms with Crippen molar-refractivity contribution in [2.45, 2.75) is 52.0 Å². The van der Waals surface area contributed by atoms with E-state index in [1.54, 1.807) is 18.2 Å². The van der Waals surface area contributed by atoms with Crippen molar-refractivity contribution < 1.29 is 4.92 Å². The maximum atomic E-state index is 10.9. The number of benzene rings is 1. The molecule has 1 saturated carbocycles. The topological polar surface area (TPSA) is 55.2 Å². The predicted octanol–water partition coefficient (Wildman–Crippen LogP) is 4.46. The van der Waals surface area contributed by atoms with E-state index in [9.17, 15) is 10.1 Å². The van der Waals surface area contributed by atoms with Gasteiger partial charge < -0.3 is 5.32 Å². The molecule has 3 unspecified atom stereocenters. The lowest BCUT2D eigenvalue weighted by molar-refractivity contribution is -0.384. The number of nitro benzene ring substituents is 1. The molecular formula is C17H26N2O2. The minimum Gasteiger partial charge on any atom is -0.310 e. The van der Waals surface area contributed by atoms with Gasteiger partial charge in [-0.05, 0) is 43.2 Å². The Morgan fingerprint density at radius 3 is 2.90 bits per heavy atom. The second-order valence-electron chi connectivity index (χ2n) is 6.36. The van der Waals surface area contributed by atoms with Gasteiger partial charge in [-0.1, -0.05) is 38.8 Å². The fourth-order valence-electron chi connectivity index (χ4n) is 3.41. The summed E-state index contributed by atoms with van der Waals surface area (Å²) in [5.41, 5.74) is 1.20. The Kier molecular flexibility index (Phi) is 5.74. The Labute approximate surface area is 127 Å². The minimum absolute atomic E-state index is 0.180. The molecule has 4 heteroatoms. The van der Waals surface area contributed by atoms with Gasteiger partial charge in [0.2, 0.25) is 0 Å². The van der Waals surface area contributed by atoms with Crippen molar-refractivity contribution in [2.24, 2.45) is 11.8 Å². The van der Waals surface area contributed by atoms with Crippen LogP contribution in [0.2, 0.25) is 0 Å². The quantitative estimate of drug-likeness (QED) is 0.621. The van der Waals surface area contributed by atoms with Crippen LogP contribution in [0.4, 0.5) is 5.69 Å². The van der Waals surface area contributed by atoms with Crippen molar-refractivity contribution in [1.82, 2.24) is 5.32 Å². The Balaban J connectivity index is 1.96. The molecule has 21 heavy (non-hydrogen) atoms. The molecule has 0 amide bonds. The minimum atomic E-state index is -0.320. The first-order chi connectivity index (χ1) is 10.1. The van der Waals surface area contributed by atoms with E-state index in [-0.39, 0.29) is 16.7 Å². The van der Waals surface area contributed by atoms with Crippen LogP contribution in [0.5, 0.6) is 0 Å². The van der Waals surface area contributed by atoms with Gasteiger partial charge in [0.25, 0.3) is 5.69 Å². The standard InChI is InChI=1S/C17H26N2O2/c1-3-17(15-8-5-9-16(11-15)19(20)21)18-12-14-7-4-6-13(2)10-14/h5,8-9,11,13-14,17-18H,3-4,6-7,10,12H2,1-2H3. The lowest BCUT2D eigenvalue weighted by Crippen LogP contribution is -2.29. The van der Waals surface area contributed by atoms with Crippen LogP contribution in [0.3, 0.4) is 0 Å². The summed E-state index contributed by atoms with van der Waals surface area (Å²) in [5.74, 6) is 1.59. The summed E-state index contributed by atoms with van der Waals surface area (Å²) in [6.45, 7) is 5.48. The van der Waals surface area contributed by atoms with Gasteiger partial charge in [-0.3, -0.25) is 10.1 Å². The molecule has 1 N–H and O–H groups in total. The summed E-state index contributed by atoms with van der Waals surface area (Å²) in [6.07, 6.45) is 6.25. The highest BCUT2D eigenvalue weighted by Crippen LogP contribution is 2.29. The van der Waals surface area contributed by atoms with Crippen LogP contribution in [0.15, 0.2) is 24.3 Å². The van der Waals surface area contributed by atoms with Gasteiger partial charge in [0.1, 0.15) is 0 Å². The number of rotatable bonds is 6. The van der Waals surface area contributed by atoms with E-state index < -0.39 is 0 Å². The van der Waals surface area contributed by atoms with Gasteiger partial charge in [-0.15, -0.1) is 0 Å². The zero-order chi connectivity index (χ0) is 15.2. The van der Waals surface area contributed by atoms with Crippen LogP contribution < -0.4 is 5.32 Å². The SMILES string of the molecule is CCC(NCC1CCCC(C)C1)c1cccc([N+](=O)[O-])c1. The monoisotopic (exact) mass is 290 g/mol. The molecule has 0 spiro atoms. The molecule has 0 aliphatic heterocycles. The summed E-state index contributed by atoms with van der Waals surface area (Å²) >= 11 is 0. The largest absolute Gasteiger partial charge is 0.310 e. The molecule has 1 fully saturated rings. The van der Waals surface area contributed by atoms with Crippen molar-refractivity contribution in [3.63, 3.8) is 0 Å². The average Bonchev–Trinajstić information content (AvgIpc) is 2.48. The van der Waals surface area contributed by atoms with Crippen LogP contribution in [-0.2, 0) is 0 Å². The lowest BCUT2D eigenvalue weighted by atomic mass is 9.82. The summed E-state index contributed by atoms with van der Waals surface area (Å²) in [7, 11) is 0. The second kappa shape index (κ2) is 7.55. The molecule has 0 aromatic heterocycles. The van der Waals surface area contributed by atoms with E-state index in [4.69, 9.17) is 0 Å². The summed E-state index contributed by atoms with van der Waals surface area (Å²) in [4.78, 5) is 10.6. The van der Waals surface area contributed by atoms with Gasteiger partial charge in [0, 0.05) is 18.2 Å². The molecule has 0 bridgehead atoms. The molecule has 116 valence electrons. The summed E-state index contributed by atoms with van der Waals surface area (Å²) in [5, 5.41) is 14.5. The van der Waals surface area contributed by atoms with Gasteiger partial charge in [-0.25, -0.2) is 0 Å². The smallest absolute Gasteiger partial charge is 0.269 e. The van der Waals surface area contributed by atoms with Crippen molar-refractivity contribution in [3.8, 4) is 0 Å². The molecule has 0 heterocycles. The number of nitrogens with one attached hydrogen (secondary N) is 1. The molecule has 2 rings (SSSR count). The van der Waals surface area contributed by atoms with Crippen molar-refractivity contribution in [2.75, 3.05) is 6.54 Å². The molecule has 1 aliphatic rings. The highest BCUT2D eigenvalue weighted by molar-refractivity contribution is 5.35. The highest BCUT2D eigenvalue weighted by atomic mass is 16.6. The molecular weight excluding hydrogens is 264 g/mol. The summed E-state index contributed by atoms with van der Waals surface area (Å²) in [6, 6.07) is 7.23. The van der Waals surface area contributed by atoms with Crippen molar-refractivity contribution >= 4 is 5.69 Å². The first kappa shape index (κ1) is 16.0. The third-order valence-electron chi connectivity index (χ3n) is 4.59. The maximum absolute atomic E-state index is 10.9. The van der Waals surface area contributed by atoms with E-state index in [0.29, 0.717) is 0 Å². The zero-order valence-corrected chi connectivity index (χ0v) is 13.0. The van der Waals surface area contributed by atoms with E-state index >= 15 is 0 Å². The molecule has 1 aromatic rings. The van der Waals surface area contributed by atoms with Crippen molar-refractivity contribution in [1.29, 1.82) is 0 Å². The highest BCUT2D eigenvalue weighted by Gasteiger charge is 2.20. The number of non-ortho nitro benzene ring substituents is 1. The number of nitro groups is 1. The first-order valence-electron chi connectivity index (χ1n) is 8.07. The van der Waals surface area contributed by atoms with Gasteiger partial charge in [0.15, 0.2) is 0 Å². The van der Waals surface area contributed by atoms with E-state index in [0.717, 1.165) is 30.4 Å². The van der Waals surface area contributed by atoms with Crippen LogP contribution in [0.25, 0.3) is 0 Å². The number of hydrogen-bond acceptors (Lipinski definition) is 3. The average molecular weight is 290 g/mol. The molecule has 0 radical (unpaired) electrons. The Bertz CT molecular complexity index is 476. The molecule has 1 aliphatic carbocycles. The van der Waals surface area contributed by atoms with Gasteiger partial charge >= 0.3 is 0 Å². The third-order valence-corrected chi connectivity index (χ3v) is 4.59. The third kappa shape index (κ3) is 4.53. The van der Waals surface area contributed by atoms with Crippen molar-refractivity contribution in [3.05, 3.63) is 39.9 Å². The van der Waals surface area contributed by atoms with E-state index in [2.05, 4.69) is 19.2 Å². The van der Waals surface area contributed by atoms with Gasteiger partial charge in [-0.2, -0.15) is 0 Å². The Hall–Kier alpha value is -1.42. The first-order valence-corrected chi connectivity index (χ1v) is 8.07. The van der Waals surface area contributed by atoms with Crippen LogP contribution in [0.1, 0.15) is 57.6 Å². The molecule has 1 aromatic carbocycles. The fourth-order valence-corrected chi connectivity index (χ4v) is 3.41. The number of hydrogen-bond donors (Lipinski definition) is 1. The normalized spacial score (nSPS) is 23.7. The fraction of sp³-hybridized carbons (Fsp3) is 0.647. The van der Waals surface area contributed by atoms with Crippen LogP contribution in [-0.4, -0.2) is 11.5 Å². The maximum Gasteiger partial charge on any atom is 0.269 e. The Morgan fingerprint density at radius 2 is 2.24 bits per heavy atom. The van der Waals surface area contributed by atoms with E-state index in [1.807, 2.05) is 6.07 Å². The predicted molar refractivity (Wildman–Crippen MR) is 85.3 cm³/mol. The van der Waals surface area contributed by atoms with Crippen LogP contribution in [0, 0.1) is 22.0 Å². The lowest BCUT2D eigenvalue weighted by Gasteiger charge is -2.28. The second-order valence-corrected chi connectivity index (χ2v) is 6.36.